The summed E-state index contributed by atoms with van der Waals surface area (Å²) in [6, 6.07) is 0. The monoisotopic (exact) mass is 342 g/mol. The average Bonchev–Trinajstić information content (AvgIpc) is 2.53. The highest BCUT2D eigenvalue weighted by atomic mass is 16.4. The van der Waals surface area contributed by atoms with Gasteiger partial charge < -0.3 is 10.2 Å². The van der Waals surface area contributed by atoms with E-state index in [1.165, 1.54) is 0 Å². The van der Waals surface area contributed by atoms with Crippen LogP contribution in [0.25, 0.3) is 0 Å². The van der Waals surface area contributed by atoms with Gasteiger partial charge in [0.15, 0.2) is 0 Å². The number of unbranched alkanes of at least 4 members (excludes halogenated alkanes) is 8. The minimum absolute atomic E-state index is 0.243. The molecule has 0 aliphatic rings. The molecule has 0 aromatic carbocycles. The van der Waals surface area contributed by atoms with Crippen LogP contribution >= 0.6 is 0 Å². The normalized spacial score (nSPS) is 11.6. The molecule has 0 saturated carbocycles. The third-order valence-electron chi connectivity index (χ3n) is 5.02. The summed E-state index contributed by atoms with van der Waals surface area (Å²) >= 11 is 0. The van der Waals surface area contributed by atoms with E-state index in [1.807, 2.05) is 0 Å². The van der Waals surface area contributed by atoms with Crippen LogP contribution in [0.3, 0.4) is 0 Å². The molecule has 0 unspecified atom stereocenters. The number of carboxylic acid groups (broad SMARTS) is 2. The summed E-state index contributed by atoms with van der Waals surface area (Å²) in [4.78, 5) is 22.5. The lowest BCUT2D eigenvalue weighted by Gasteiger charge is -2.30. The first-order valence-electron chi connectivity index (χ1n) is 9.93. The predicted molar refractivity (Wildman–Crippen MR) is 98.3 cm³/mol. The van der Waals surface area contributed by atoms with Gasteiger partial charge in [0.05, 0.1) is 5.41 Å². The van der Waals surface area contributed by atoms with Crippen LogP contribution in [0.1, 0.15) is 110 Å². The fraction of sp³-hybridized carbons (Fsp3) is 0.900. The molecule has 24 heavy (non-hydrogen) atoms. The van der Waals surface area contributed by atoms with E-state index in [1.54, 1.807) is 0 Å². The van der Waals surface area contributed by atoms with Gasteiger partial charge in [0, 0.05) is 6.42 Å². The first kappa shape index (κ1) is 22.9. The van der Waals surface area contributed by atoms with Gasteiger partial charge in [0.2, 0.25) is 0 Å². The molecular weight excluding hydrogens is 304 g/mol. The van der Waals surface area contributed by atoms with Crippen LogP contribution in [-0.2, 0) is 9.59 Å². The van der Waals surface area contributed by atoms with Gasteiger partial charge in [-0.3, -0.25) is 9.59 Å². The Labute approximate surface area is 148 Å². The highest BCUT2D eigenvalue weighted by Gasteiger charge is 2.36. The molecule has 4 heteroatoms. The van der Waals surface area contributed by atoms with Gasteiger partial charge in [-0.1, -0.05) is 78.1 Å². The van der Waals surface area contributed by atoms with E-state index in [2.05, 4.69) is 13.8 Å². The van der Waals surface area contributed by atoms with Gasteiger partial charge in [-0.2, -0.15) is 0 Å². The maximum absolute atomic E-state index is 12.0. The molecule has 4 nitrogen and oxygen atoms in total. The van der Waals surface area contributed by atoms with E-state index in [-0.39, 0.29) is 6.42 Å². The third-order valence-corrected chi connectivity index (χ3v) is 5.02. The second-order valence-corrected chi connectivity index (χ2v) is 7.16. The number of hydrogen-bond donors (Lipinski definition) is 2. The Hall–Kier alpha value is -1.06. The smallest absolute Gasteiger partial charge is 0.309 e. The van der Waals surface area contributed by atoms with Gasteiger partial charge in [0.25, 0.3) is 0 Å². The molecule has 0 saturated heterocycles. The Morgan fingerprint density at radius 1 is 0.667 bits per heavy atom. The zero-order valence-corrected chi connectivity index (χ0v) is 15.8. The number of hydrogen-bond acceptors (Lipinski definition) is 2. The van der Waals surface area contributed by atoms with Crippen LogP contribution in [0.4, 0.5) is 0 Å². The summed E-state index contributed by atoms with van der Waals surface area (Å²) in [5.74, 6) is -1.34. The molecule has 0 aliphatic carbocycles. The van der Waals surface area contributed by atoms with Crippen LogP contribution in [0, 0.1) is 5.41 Å². The summed E-state index contributed by atoms with van der Waals surface area (Å²) in [6.07, 6.45) is 13.7. The number of rotatable bonds is 17. The molecule has 0 atom stereocenters. The molecule has 0 rings (SSSR count). The second-order valence-electron chi connectivity index (χ2n) is 7.16. The van der Waals surface area contributed by atoms with E-state index >= 15 is 0 Å². The molecule has 0 bridgehead atoms. The molecule has 142 valence electrons. The average molecular weight is 343 g/mol. The van der Waals surface area contributed by atoms with Crippen molar-refractivity contribution in [3.05, 3.63) is 0 Å². The Morgan fingerprint density at radius 3 is 1.50 bits per heavy atom. The van der Waals surface area contributed by atoms with Crippen molar-refractivity contribution in [3.8, 4) is 0 Å². The third kappa shape index (κ3) is 10.7. The summed E-state index contributed by atoms with van der Waals surface area (Å²) in [5.41, 5.74) is -0.536. The highest BCUT2D eigenvalue weighted by molar-refractivity contribution is 5.74. The maximum Gasteiger partial charge on any atom is 0.309 e. The summed E-state index contributed by atoms with van der Waals surface area (Å²) in [6.45, 7) is 4.30. The molecular formula is C20H38O4. The molecule has 0 amide bonds. The predicted octanol–water partition coefficient (Wildman–Crippen LogP) is 6.03. The van der Waals surface area contributed by atoms with Crippen LogP contribution < -0.4 is 0 Å². The SMILES string of the molecule is CCCCCC(CCCCC)(CCCCCCCC(=O)O)C(=O)O. The Kier molecular flexibility index (Phi) is 13.7. The maximum atomic E-state index is 12.0. The Bertz CT molecular complexity index is 329. The molecule has 0 aliphatic heterocycles. The van der Waals surface area contributed by atoms with Crippen molar-refractivity contribution in [2.45, 2.75) is 110 Å². The molecule has 0 spiro atoms. The molecule has 0 aromatic rings. The zero-order chi connectivity index (χ0) is 18.3. The minimum Gasteiger partial charge on any atom is -0.481 e. The van der Waals surface area contributed by atoms with E-state index in [0.717, 1.165) is 89.9 Å². The molecule has 0 fully saturated rings. The van der Waals surface area contributed by atoms with Crippen LogP contribution in [0.15, 0.2) is 0 Å². The van der Waals surface area contributed by atoms with Crippen LogP contribution in [0.5, 0.6) is 0 Å². The van der Waals surface area contributed by atoms with Gasteiger partial charge >= 0.3 is 11.9 Å². The fourth-order valence-corrected chi connectivity index (χ4v) is 3.39. The summed E-state index contributed by atoms with van der Waals surface area (Å²) in [7, 11) is 0. The van der Waals surface area contributed by atoms with Crippen LogP contribution in [-0.4, -0.2) is 22.2 Å². The first-order chi connectivity index (χ1) is 11.5. The molecule has 0 heterocycles. The van der Waals surface area contributed by atoms with Gasteiger partial charge in [0.1, 0.15) is 0 Å². The van der Waals surface area contributed by atoms with Gasteiger partial charge in [-0.05, 0) is 25.7 Å². The molecule has 0 radical (unpaired) electrons. The van der Waals surface area contributed by atoms with Gasteiger partial charge in [-0.25, -0.2) is 0 Å². The van der Waals surface area contributed by atoms with Crippen molar-refractivity contribution in [1.29, 1.82) is 0 Å². The number of carbonyl (C=O) groups is 2. The van der Waals surface area contributed by atoms with E-state index in [0.29, 0.717) is 0 Å². The summed E-state index contributed by atoms with van der Waals surface area (Å²) < 4.78 is 0. The quantitative estimate of drug-likeness (QED) is 0.316. The van der Waals surface area contributed by atoms with Crippen LogP contribution in [0.2, 0.25) is 0 Å². The molecule has 2 N–H and O–H groups in total. The largest absolute Gasteiger partial charge is 0.481 e. The topological polar surface area (TPSA) is 74.6 Å². The Balaban J connectivity index is 4.33. The van der Waals surface area contributed by atoms with Crippen molar-refractivity contribution < 1.29 is 19.8 Å². The van der Waals surface area contributed by atoms with Gasteiger partial charge in [-0.15, -0.1) is 0 Å². The standard InChI is InChI=1S/C20H38O4/c1-3-5-11-15-20(19(23)24,16-12-6-4-2)17-13-9-7-8-10-14-18(21)22/h3-17H2,1-2H3,(H,21,22)(H,23,24). The lowest BCUT2D eigenvalue weighted by atomic mass is 9.74. The van der Waals surface area contributed by atoms with E-state index < -0.39 is 17.4 Å². The van der Waals surface area contributed by atoms with E-state index in [9.17, 15) is 14.7 Å². The lowest BCUT2D eigenvalue weighted by Crippen LogP contribution is -2.31. The van der Waals surface area contributed by atoms with E-state index in [4.69, 9.17) is 5.11 Å². The van der Waals surface area contributed by atoms with Crippen molar-refractivity contribution in [1.82, 2.24) is 0 Å². The second kappa shape index (κ2) is 14.3. The zero-order valence-electron chi connectivity index (χ0n) is 15.8. The first-order valence-corrected chi connectivity index (χ1v) is 9.93. The van der Waals surface area contributed by atoms with Crippen molar-refractivity contribution in [2.24, 2.45) is 5.41 Å². The van der Waals surface area contributed by atoms with Crippen molar-refractivity contribution in [3.63, 3.8) is 0 Å². The summed E-state index contributed by atoms with van der Waals surface area (Å²) in [5, 5.41) is 18.5. The number of carboxylic acids is 2. The number of aliphatic carboxylic acids is 2. The minimum atomic E-state index is -0.730. The fourth-order valence-electron chi connectivity index (χ4n) is 3.39. The van der Waals surface area contributed by atoms with Crippen molar-refractivity contribution in [2.75, 3.05) is 0 Å². The lowest BCUT2D eigenvalue weighted by molar-refractivity contribution is -0.151. The molecule has 0 aromatic heterocycles. The Morgan fingerprint density at radius 2 is 1.08 bits per heavy atom. The highest BCUT2D eigenvalue weighted by Crippen LogP contribution is 2.37. The van der Waals surface area contributed by atoms with Crippen molar-refractivity contribution >= 4 is 11.9 Å².